The summed E-state index contributed by atoms with van der Waals surface area (Å²) in [4.78, 5) is 0. The molecule has 0 aromatic heterocycles. The van der Waals surface area contributed by atoms with Gasteiger partial charge in [0.15, 0.2) is 0 Å². The summed E-state index contributed by atoms with van der Waals surface area (Å²) in [5, 5.41) is 14.0. The number of aliphatic hydroxyl groups excluding tert-OH is 1. The van der Waals surface area contributed by atoms with Crippen molar-refractivity contribution in [1.29, 1.82) is 0 Å². The molecule has 0 aliphatic carbocycles. The van der Waals surface area contributed by atoms with Gasteiger partial charge < -0.3 is 33.5 Å². The minimum atomic E-state index is -0.273. The second-order valence-electron chi connectivity index (χ2n) is 9.44. The Morgan fingerprint density at radius 2 is 0.804 bits per heavy atom. The first-order chi connectivity index (χ1) is 22.5. The van der Waals surface area contributed by atoms with Gasteiger partial charge in [0.1, 0.15) is 12.2 Å². The van der Waals surface area contributed by atoms with Crippen molar-refractivity contribution in [3.63, 3.8) is 0 Å². The lowest BCUT2D eigenvalue weighted by Gasteiger charge is -2.02. The van der Waals surface area contributed by atoms with E-state index < -0.39 is 0 Å². The quantitative estimate of drug-likeness (QED) is 0.203. The third-order valence-corrected chi connectivity index (χ3v) is 5.66. The average Bonchev–Trinajstić information content (AvgIpc) is 4.07. The summed E-state index contributed by atoms with van der Waals surface area (Å²) in [6.45, 7) is 13.7. The fourth-order valence-corrected chi connectivity index (χ4v) is 3.28. The van der Waals surface area contributed by atoms with Gasteiger partial charge in [-0.15, -0.1) is 0 Å². The zero-order chi connectivity index (χ0) is 34.8. The number of epoxide rings is 2. The van der Waals surface area contributed by atoms with Crippen molar-refractivity contribution in [2.24, 2.45) is 0 Å². The third kappa shape index (κ3) is 26.3. The van der Waals surface area contributed by atoms with Crippen LogP contribution in [0.4, 0.5) is 0 Å². The lowest BCUT2D eigenvalue weighted by atomic mass is 10.1. The lowest BCUT2D eigenvalue weighted by Crippen LogP contribution is -2.11. The number of hydrogen-bond donors (Lipinski definition) is 1. The van der Waals surface area contributed by atoms with E-state index in [9.17, 15) is 0 Å². The second kappa shape index (κ2) is 33.5. The molecule has 1 N–H and O–H groups in total. The smallest absolute Gasteiger partial charge is 0.104 e. The van der Waals surface area contributed by atoms with Crippen LogP contribution in [-0.2, 0) is 28.4 Å². The molecule has 0 saturated carbocycles. The van der Waals surface area contributed by atoms with Gasteiger partial charge in [-0.05, 0) is 28.0 Å². The van der Waals surface area contributed by atoms with Crippen LogP contribution in [0.5, 0.6) is 0 Å². The molecule has 2 aliphatic heterocycles. The van der Waals surface area contributed by atoms with Gasteiger partial charge in [0.25, 0.3) is 0 Å². The van der Waals surface area contributed by atoms with Crippen LogP contribution in [0.1, 0.15) is 41.0 Å². The summed E-state index contributed by atoms with van der Waals surface area (Å²) >= 11 is 0. The molecule has 260 valence electrons. The third-order valence-electron chi connectivity index (χ3n) is 5.66. The van der Waals surface area contributed by atoms with Gasteiger partial charge in [-0.1, -0.05) is 132 Å². The summed E-state index contributed by atoms with van der Waals surface area (Å²) in [5.41, 5.74) is 0. The van der Waals surface area contributed by atoms with Crippen molar-refractivity contribution >= 4 is 21.5 Å². The van der Waals surface area contributed by atoms with Gasteiger partial charge in [0.05, 0.1) is 39.1 Å². The molecule has 0 amide bonds. The SMILES string of the molecule is CC.CC.CCC(O)COC.COC.COCC1CO1.COCC1CO1.c1ccc2ccccc2c1.c1ccc2ccccc2c1. The number of fused-ring (bicyclic) bond motifs is 2. The molecule has 0 bridgehead atoms. The molecule has 2 saturated heterocycles. The largest absolute Gasteiger partial charge is 0.391 e. The van der Waals surface area contributed by atoms with Crippen LogP contribution >= 0.6 is 0 Å². The maximum atomic E-state index is 8.73. The van der Waals surface area contributed by atoms with E-state index in [1.54, 1.807) is 35.5 Å². The highest BCUT2D eigenvalue weighted by Gasteiger charge is 2.21. The molecule has 4 aromatic carbocycles. The fraction of sp³-hybridized carbons (Fsp3) is 0.487. The predicted octanol–water partition coefficient (Wildman–Crippen LogP) is 8.46. The van der Waals surface area contributed by atoms with Gasteiger partial charge in [0, 0.05) is 35.5 Å². The highest BCUT2D eigenvalue weighted by Crippen LogP contribution is 2.12. The Morgan fingerprint density at radius 3 is 0.913 bits per heavy atom. The molecule has 0 radical (unpaired) electrons. The fourth-order valence-electron chi connectivity index (χ4n) is 3.28. The Labute approximate surface area is 279 Å². The first kappa shape index (κ1) is 45.2. The maximum absolute atomic E-state index is 8.73. The lowest BCUT2D eigenvalue weighted by molar-refractivity contribution is 0.0625. The van der Waals surface area contributed by atoms with Crippen molar-refractivity contribution in [1.82, 2.24) is 0 Å². The van der Waals surface area contributed by atoms with Crippen molar-refractivity contribution in [2.75, 3.05) is 68.6 Å². The molecule has 2 heterocycles. The Kier molecular flexibility index (Phi) is 32.9. The molecule has 6 rings (SSSR count). The molecule has 3 unspecified atom stereocenters. The van der Waals surface area contributed by atoms with E-state index in [-0.39, 0.29) is 6.10 Å². The first-order valence-corrected chi connectivity index (χ1v) is 16.2. The molecule has 3 atom stereocenters. The Hall–Kier alpha value is -2.88. The summed E-state index contributed by atoms with van der Waals surface area (Å²) in [7, 11) is 8.20. The number of aliphatic hydroxyl groups is 1. The summed E-state index contributed by atoms with van der Waals surface area (Å²) in [6.07, 6.45) is 1.35. The molecule has 7 heteroatoms. The van der Waals surface area contributed by atoms with Crippen LogP contribution in [0.3, 0.4) is 0 Å². The topological polar surface area (TPSA) is 82.2 Å². The van der Waals surface area contributed by atoms with Crippen LogP contribution in [-0.4, -0.2) is 92.0 Å². The number of ether oxygens (including phenoxy) is 6. The van der Waals surface area contributed by atoms with E-state index >= 15 is 0 Å². The van der Waals surface area contributed by atoms with E-state index in [1.807, 2.05) is 34.6 Å². The molecule has 0 spiro atoms. The van der Waals surface area contributed by atoms with E-state index in [0.29, 0.717) is 18.8 Å². The van der Waals surface area contributed by atoms with Crippen LogP contribution in [0.15, 0.2) is 97.1 Å². The van der Waals surface area contributed by atoms with Crippen molar-refractivity contribution < 1.29 is 33.5 Å². The molecule has 46 heavy (non-hydrogen) atoms. The Morgan fingerprint density at radius 1 is 0.565 bits per heavy atom. The van der Waals surface area contributed by atoms with Crippen molar-refractivity contribution in [3.05, 3.63) is 97.1 Å². The molecular formula is C39H62O7. The number of rotatable bonds is 7. The van der Waals surface area contributed by atoms with E-state index in [0.717, 1.165) is 32.8 Å². The highest BCUT2D eigenvalue weighted by atomic mass is 16.6. The Bertz CT molecular complexity index is 947. The Balaban J connectivity index is 0. The van der Waals surface area contributed by atoms with Gasteiger partial charge in [-0.25, -0.2) is 0 Å². The molecule has 2 fully saturated rings. The van der Waals surface area contributed by atoms with Crippen LogP contribution in [0.2, 0.25) is 0 Å². The van der Waals surface area contributed by atoms with Crippen LogP contribution in [0.25, 0.3) is 21.5 Å². The number of methoxy groups -OCH3 is 4. The van der Waals surface area contributed by atoms with E-state index in [4.69, 9.17) is 24.1 Å². The van der Waals surface area contributed by atoms with Gasteiger partial charge in [-0.3, -0.25) is 0 Å². The van der Waals surface area contributed by atoms with Gasteiger partial charge in [-0.2, -0.15) is 0 Å². The average molecular weight is 643 g/mol. The van der Waals surface area contributed by atoms with Gasteiger partial charge >= 0.3 is 0 Å². The maximum Gasteiger partial charge on any atom is 0.104 e. The number of benzene rings is 4. The standard InChI is InChI=1S/2C10H8.C5H12O2.2C4H8O2.C2H6O.2C2H6/c2*1-2-6-10-8-4-3-7-9(10)5-1;1-3-5(6)4-7-2;2*1-5-2-4-3-6-4;1-3-2;2*1-2/h2*1-8H;5-6H,3-4H2,1-2H3;2*4H,2-3H2,1H3;1-2H3;2*1-2H3. The molecular weight excluding hydrogens is 580 g/mol. The van der Waals surface area contributed by atoms with Crippen molar-refractivity contribution in [3.8, 4) is 0 Å². The highest BCUT2D eigenvalue weighted by molar-refractivity contribution is 5.82. The molecule has 4 aromatic rings. The monoisotopic (exact) mass is 642 g/mol. The second-order valence-corrected chi connectivity index (χ2v) is 9.44. The summed E-state index contributed by atoms with van der Waals surface area (Å²) < 4.78 is 28.0. The van der Waals surface area contributed by atoms with E-state index in [1.165, 1.54) is 21.5 Å². The van der Waals surface area contributed by atoms with E-state index in [2.05, 4.69) is 107 Å². The minimum Gasteiger partial charge on any atom is -0.391 e. The minimum absolute atomic E-state index is 0.273. The predicted molar refractivity (Wildman–Crippen MR) is 195 cm³/mol. The summed E-state index contributed by atoms with van der Waals surface area (Å²) in [6, 6.07) is 33.4. The van der Waals surface area contributed by atoms with Crippen molar-refractivity contribution in [2.45, 2.75) is 59.4 Å². The molecule has 2 aliphatic rings. The first-order valence-electron chi connectivity index (χ1n) is 16.2. The van der Waals surface area contributed by atoms with Crippen LogP contribution < -0.4 is 0 Å². The normalized spacial score (nSPS) is 15.1. The zero-order valence-corrected chi connectivity index (χ0v) is 30.1. The zero-order valence-electron chi connectivity index (χ0n) is 30.1. The van der Waals surface area contributed by atoms with Gasteiger partial charge in [0.2, 0.25) is 0 Å². The molecule has 7 nitrogen and oxygen atoms in total. The van der Waals surface area contributed by atoms with Crippen LogP contribution in [0, 0.1) is 0 Å². The summed E-state index contributed by atoms with van der Waals surface area (Å²) in [5.74, 6) is 0. The number of hydrogen-bond acceptors (Lipinski definition) is 7.